The van der Waals surface area contributed by atoms with Crippen molar-refractivity contribution in [2.45, 2.75) is 39.2 Å². The predicted molar refractivity (Wildman–Crippen MR) is 102 cm³/mol. The molecule has 2 aliphatic heterocycles. The highest BCUT2D eigenvalue weighted by atomic mass is 32.1. The lowest BCUT2D eigenvalue weighted by atomic mass is 9.92. The molecule has 26 heavy (non-hydrogen) atoms. The van der Waals surface area contributed by atoms with E-state index in [2.05, 4.69) is 21.7 Å². The average Bonchev–Trinajstić information content (AvgIpc) is 3.11. The van der Waals surface area contributed by atoms with Gasteiger partial charge in [0.2, 0.25) is 5.91 Å². The van der Waals surface area contributed by atoms with E-state index >= 15 is 0 Å². The molecular formula is C19H26N4O2S. The van der Waals surface area contributed by atoms with Crippen LogP contribution in [0.15, 0.2) is 22.4 Å². The Morgan fingerprint density at radius 3 is 2.85 bits per heavy atom. The maximum atomic E-state index is 12.8. The summed E-state index contributed by atoms with van der Waals surface area (Å²) in [4.78, 5) is 34.6. The standard InChI is InChI=1S/C19H26N4O2S/c1-14-3-2-6-22(12-14)18(25)15-4-7-21(8-5-15)13-16-11-17(24)23-9-10-26-19(23)20-16/h9-11,14-15H,2-8,12-13H2,1H3/t14-/m0/s1. The molecule has 7 heteroatoms. The number of hydrogen-bond donors (Lipinski definition) is 0. The minimum absolute atomic E-state index is 0.0180. The quantitative estimate of drug-likeness (QED) is 0.827. The molecule has 2 aromatic heterocycles. The molecule has 0 N–H and O–H groups in total. The first-order chi connectivity index (χ1) is 12.6. The summed E-state index contributed by atoms with van der Waals surface area (Å²) in [6, 6.07) is 1.63. The van der Waals surface area contributed by atoms with Gasteiger partial charge in [-0.2, -0.15) is 0 Å². The average molecular weight is 375 g/mol. The Balaban J connectivity index is 1.34. The number of piperidine rings is 2. The van der Waals surface area contributed by atoms with Gasteiger partial charge in [0.05, 0.1) is 5.69 Å². The van der Waals surface area contributed by atoms with Crippen LogP contribution in [-0.2, 0) is 11.3 Å². The van der Waals surface area contributed by atoms with Crippen LogP contribution >= 0.6 is 11.3 Å². The molecule has 0 radical (unpaired) electrons. The van der Waals surface area contributed by atoms with Crippen LogP contribution in [-0.4, -0.2) is 51.3 Å². The lowest BCUT2D eigenvalue weighted by Gasteiger charge is -2.37. The smallest absolute Gasteiger partial charge is 0.258 e. The first kappa shape index (κ1) is 17.7. The molecule has 2 saturated heterocycles. The fourth-order valence-corrected chi connectivity index (χ4v) is 4.92. The van der Waals surface area contributed by atoms with Crippen LogP contribution < -0.4 is 5.56 Å². The zero-order valence-electron chi connectivity index (χ0n) is 15.3. The first-order valence-corrected chi connectivity index (χ1v) is 10.4. The molecule has 4 heterocycles. The molecule has 0 saturated carbocycles. The SMILES string of the molecule is C[C@H]1CCCN(C(=O)C2CCN(Cc3cc(=O)n4ccsc4n3)CC2)C1. The Morgan fingerprint density at radius 2 is 2.08 bits per heavy atom. The van der Waals surface area contributed by atoms with Gasteiger partial charge in [0, 0.05) is 43.2 Å². The molecule has 0 aliphatic carbocycles. The van der Waals surface area contributed by atoms with Gasteiger partial charge in [-0.1, -0.05) is 6.92 Å². The summed E-state index contributed by atoms with van der Waals surface area (Å²) in [5.74, 6) is 1.15. The van der Waals surface area contributed by atoms with E-state index in [0.29, 0.717) is 18.4 Å². The lowest BCUT2D eigenvalue weighted by molar-refractivity contribution is -0.138. The van der Waals surface area contributed by atoms with Crippen molar-refractivity contribution in [3.63, 3.8) is 0 Å². The van der Waals surface area contributed by atoms with Crippen LogP contribution in [0.4, 0.5) is 0 Å². The third kappa shape index (κ3) is 3.69. The number of carbonyl (C=O) groups is 1. The summed E-state index contributed by atoms with van der Waals surface area (Å²) < 4.78 is 1.58. The molecule has 0 spiro atoms. The van der Waals surface area contributed by atoms with Gasteiger partial charge in [0.1, 0.15) is 0 Å². The molecule has 0 aromatic carbocycles. The highest BCUT2D eigenvalue weighted by Crippen LogP contribution is 2.24. The number of likely N-dealkylation sites (tertiary alicyclic amines) is 2. The Labute approximate surface area is 157 Å². The number of thiazole rings is 1. The van der Waals surface area contributed by atoms with E-state index in [9.17, 15) is 9.59 Å². The van der Waals surface area contributed by atoms with E-state index in [4.69, 9.17) is 0 Å². The molecule has 2 aromatic rings. The van der Waals surface area contributed by atoms with Gasteiger partial charge in [-0.15, -0.1) is 11.3 Å². The van der Waals surface area contributed by atoms with Gasteiger partial charge < -0.3 is 4.90 Å². The molecule has 6 nitrogen and oxygen atoms in total. The Kier molecular flexibility index (Phi) is 5.09. The Hall–Kier alpha value is -1.73. The predicted octanol–water partition coefficient (Wildman–Crippen LogP) is 2.23. The van der Waals surface area contributed by atoms with Gasteiger partial charge >= 0.3 is 0 Å². The van der Waals surface area contributed by atoms with Crippen molar-refractivity contribution in [2.24, 2.45) is 11.8 Å². The van der Waals surface area contributed by atoms with E-state index in [1.807, 2.05) is 5.38 Å². The van der Waals surface area contributed by atoms with Gasteiger partial charge in [0.25, 0.3) is 5.56 Å². The third-order valence-electron chi connectivity index (χ3n) is 5.65. The molecule has 4 rings (SSSR count). The molecule has 1 atom stereocenters. The highest BCUT2D eigenvalue weighted by Gasteiger charge is 2.30. The van der Waals surface area contributed by atoms with E-state index < -0.39 is 0 Å². The zero-order chi connectivity index (χ0) is 18.1. The summed E-state index contributed by atoms with van der Waals surface area (Å²) in [5.41, 5.74) is 0.808. The fraction of sp³-hybridized carbons (Fsp3) is 0.632. The molecule has 2 aliphatic rings. The summed E-state index contributed by atoms with van der Waals surface area (Å²) in [6.07, 6.45) is 5.95. The Morgan fingerprint density at radius 1 is 1.27 bits per heavy atom. The van der Waals surface area contributed by atoms with Gasteiger partial charge in [-0.3, -0.25) is 18.9 Å². The minimum Gasteiger partial charge on any atom is -0.342 e. The van der Waals surface area contributed by atoms with Gasteiger partial charge in [0.15, 0.2) is 4.96 Å². The van der Waals surface area contributed by atoms with Crippen LogP contribution in [0.1, 0.15) is 38.3 Å². The number of rotatable bonds is 3. The largest absolute Gasteiger partial charge is 0.342 e. The van der Waals surface area contributed by atoms with Crippen LogP contribution in [0.3, 0.4) is 0 Å². The second kappa shape index (κ2) is 7.48. The van der Waals surface area contributed by atoms with Crippen molar-refractivity contribution >= 4 is 22.2 Å². The van der Waals surface area contributed by atoms with Crippen LogP contribution in [0, 0.1) is 11.8 Å². The van der Waals surface area contributed by atoms with Crippen molar-refractivity contribution in [1.82, 2.24) is 19.2 Å². The van der Waals surface area contributed by atoms with Crippen molar-refractivity contribution in [2.75, 3.05) is 26.2 Å². The van der Waals surface area contributed by atoms with Crippen molar-refractivity contribution in [3.8, 4) is 0 Å². The fourth-order valence-electron chi connectivity index (χ4n) is 4.18. The maximum Gasteiger partial charge on any atom is 0.258 e. The normalized spacial score (nSPS) is 22.8. The second-order valence-electron chi connectivity index (χ2n) is 7.72. The van der Waals surface area contributed by atoms with Gasteiger partial charge in [-0.05, 0) is 44.7 Å². The Bertz CT molecular complexity index is 837. The summed E-state index contributed by atoms with van der Waals surface area (Å²) in [6.45, 7) is 6.57. The van der Waals surface area contributed by atoms with E-state index in [1.165, 1.54) is 17.8 Å². The van der Waals surface area contributed by atoms with Crippen molar-refractivity contribution < 1.29 is 4.79 Å². The summed E-state index contributed by atoms with van der Waals surface area (Å²) in [5, 5.41) is 1.88. The van der Waals surface area contributed by atoms with E-state index in [0.717, 1.165) is 56.1 Å². The monoisotopic (exact) mass is 374 g/mol. The van der Waals surface area contributed by atoms with Crippen molar-refractivity contribution in [1.29, 1.82) is 0 Å². The van der Waals surface area contributed by atoms with Crippen molar-refractivity contribution in [3.05, 3.63) is 33.7 Å². The third-order valence-corrected chi connectivity index (χ3v) is 6.40. The first-order valence-electron chi connectivity index (χ1n) is 9.57. The molecular weight excluding hydrogens is 348 g/mol. The molecule has 1 amide bonds. The number of hydrogen-bond acceptors (Lipinski definition) is 5. The van der Waals surface area contributed by atoms with Crippen LogP contribution in [0.2, 0.25) is 0 Å². The number of fused-ring (bicyclic) bond motifs is 1. The lowest BCUT2D eigenvalue weighted by Crippen LogP contribution is -2.45. The van der Waals surface area contributed by atoms with E-state index in [-0.39, 0.29) is 11.5 Å². The maximum absolute atomic E-state index is 12.8. The topological polar surface area (TPSA) is 57.9 Å². The molecule has 2 fully saturated rings. The highest BCUT2D eigenvalue weighted by molar-refractivity contribution is 7.15. The molecule has 0 bridgehead atoms. The number of nitrogens with zero attached hydrogens (tertiary/aromatic N) is 4. The summed E-state index contributed by atoms with van der Waals surface area (Å²) in [7, 11) is 0. The molecule has 140 valence electrons. The van der Waals surface area contributed by atoms with Gasteiger partial charge in [-0.25, -0.2) is 4.98 Å². The number of amides is 1. The van der Waals surface area contributed by atoms with Crippen LogP contribution in [0.25, 0.3) is 4.96 Å². The minimum atomic E-state index is -0.0180. The zero-order valence-corrected chi connectivity index (χ0v) is 16.1. The second-order valence-corrected chi connectivity index (χ2v) is 8.60. The molecule has 0 unspecified atom stereocenters. The van der Waals surface area contributed by atoms with E-state index in [1.54, 1.807) is 16.7 Å². The number of carbonyl (C=O) groups excluding carboxylic acids is 1. The summed E-state index contributed by atoms with van der Waals surface area (Å²) >= 11 is 1.48. The number of aromatic nitrogens is 2. The van der Waals surface area contributed by atoms with Crippen LogP contribution in [0.5, 0.6) is 0 Å².